The quantitative estimate of drug-likeness (QED) is 0.799. The largest absolute Gasteiger partial charge is 0.393 e. The first-order chi connectivity index (χ1) is 9.17. The number of aliphatic hydroxyl groups excluding tert-OH is 2. The molecule has 1 aromatic carbocycles. The molecule has 0 unspecified atom stereocenters. The molecule has 0 aliphatic heterocycles. The van der Waals surface area contributed by atoms with Crippen molar-refractivity contribution in [2.45, 2.75) is 25.5 Å². The first-order valence-corrected chi connectivity index (χ1v) is 6.72. The minimum Gasteiger partial charge on any atom is -0.393 e. The van der Waals surface area contributed by atoms with Crippen molar-refractivity contribution < 1.29 is 10.2 Å². The van der Waals surface area contributed by atoms with E-state index >= 15 is 0 Å². The number of nitrogens with zero attached hydrogens (tertiary/aromatic N) is 1. The second kappa shape index (κ2) is 6.72. The monoisotopic (exact) mass is 259 g/mol. The Hall–Kier alpha value is -1.34. The lowest BCUT2D eigenvalue weighted by Gasteiger charge is -2.34. The molecule has 1 aliphatic rings. The number of benzene rings is 1. The average molecular weight is 259 g/mol. The number of hydrogen-bond donors (Lipinski definition) is 2. The normalized spacial score (nSPS) is 21.7. The molecule has 2 rings (SSSR count). The Kier molecular flexibility index (Phi) is 4.98. The fourth-order valence-electron chi connectivity index (χ4n) is 2.50. The van der Waals surface area contributed by atoms with Crippen molar-refractivity contribution in [1.82, 2.24) is 4.90 Å². The first kappa shape index (κ1) is 14.1. The van der Waals surface area contributed by atoms with Crippen molar-refractivity contribution in [3.8, 4) is 11.8 Å². The molecule has 0 aromatic heterocycles. The third-order valence-electron chi connectivity index (χ3n) is 3.50. The Morgan fingerprint density at radius 1 is 1.26 bits per heavy atom. The Morgan fingerprint density at radius 3 is 2.53 bits per heavy atom. The fraction of sp³-hybridized carbons (Fsp3) is 0.500. The lowest BCUT2D eigenvalue weighted by molar-refractivity contribution is 0.0274. The molecule has 1 aromatic rings. The van der Waals surface area contributed by atoms with Crippen molar-refractivity contribution in [2.75, 3.05) is 20.2 Å². The van der Waals surface area contributed by atoms with Crippen LogP contribution < -0.4 is 0 Å². The van der Waals surface area contributed by atoms with E-state index in [2.05, 4.69) is 35.9 Å². The molecule has 1 fully saturated rings. The van der Waals surface area contributed by atoms with E-state index in [1.807, 2.05) is 12.1 Å². The third-order valence-corrected chi connectivity index (χ3v) is 3.50. The van der Waals surface area contributed by atoms with Gasteiger partial charge in [-0.25, -0.2) is 0 Å². The molecule has 0 amide bonds. The van der Waals surface area contributed by atoms with Gasteiger partial charge in [0.25, 0.3) is 0 Å². The summed E-state index contributed by atoms with van der Waals surface area (Å²) in [6.07, 6.45) is 1.82. The Bertz CT molecular complexity index is 452. The zero-order chi connectivity index (χ0) is 13.7. The summed E-state index contributed by atoms with van der Waals surface area (Å²) in [4.78, 5) is 2.30. The zero-order valence-electron chi connectivity index (χ0n) is 11.3. The van der Waals surface area contributed by atoms with Crippen molar-refractivity contribution in [3.05, 3.63) is 35.4 Å². The van der Waals surface area contributed by atoms with Crippen LogP contribution in [0.5, 0.6) is 0 Å². The van der Waals surface area contributed by atoms with Gasteiger partial charge in [0, 0.05) is 18.7 Å². The van der Waals surface area contributed by atoms with Crippen LogP contribution >= 0.6 is 0 Å². The van der Waals surface area contributed by atoms with Gasteiger partial charge in [-0.15, -0.1) is 0 Å². The van der Waals surface area contributed by atoms with E-state index in [1.54, 1.807) is 0 Å². The van der Waals surface area contributed by atoms with E-state index in [9.17, 15) is 5.11 Å². The fourth-order valence-corrected chi connectivity index (χ4v) is 2.50. The maximum atomic E-state index is 9.27. The van der Waals surface area contributed by atoms with Gasteiger partial charge in [-0.1, -0.05) is 24.0 Å². The van der Waals surface area contributed by atoms with Crippen molar-refractivity contribution >= 4 is 0 Å². The summed E-state index contributed by atoms with van der Waals surface area (Å²) in [6.45, 7) is 1.86. The van der Waals surface area contributed by atoms with Crippen LogP contribution in [-0.2, 0) is 6.54 Å². The third kappa shape index (κ3) is 4.36. The van der Waals surface area contributed by atoms with Gasteiger partial charge in [-0.05, 0) is 43.5 Å². The molecule has 3 nitrogen and oxygen atoms in total. The lowest BCUT2D eigenvalue weighted by Crippen LogP contribution is -2.36. The molecule has 0 atom stereocenters. The summed E-state index contributed by atoms with van der Waals surface area (Å²) < 4.78 is 0. The van der Waals surface area contributed by atoms with Crippen LogP contribution in [0.4, 0.5) is 0 Å². The Balaban J connectivity index is 1.81. The first-order valence-electron chi connectivity index (χ1n) is 6.72. The van der Waals surface area contributed by atoms with Gasteiger partial charge in [0.2, 0.25) is 0 Å². The van der Waals surface area contributed by atoms with E-state index in [0.717, 1.165) is 31.5 Å². The molecule has 19 heavy (non-hydrogen) atoms. The molecular formula is C16H21NO2. The second-order valence-electron chi connectivity index (χ2n) is 5.34. The van der Waals surface area contributed by atoms with E-state index in [4.69, 9.17) is 5.11 Å². The lowest BCUT2D eigenvalue weighted by atomic mass is 9.82. The van der Waals surface area contributed by atoms with E-state index in [-0.39, 0.29) is 12.7 Å². The zero-order valence-corrected chi connectivity index (χ0v) is 11.3. The van der Waals surface area contributed by atoms with Crippen LogP contribution in [0.3, 0.4) is 0 Å². The minimum absolute atomic E-state index is 0.0669. The molecular weight excluding hydrogens is 238 g/mol. The standard InChI is InChI=1S/C16H21NO2/c1-17(12-15-9-16(19)10-15)11-14-6-4-13(5-7-14)3-2-8-18/h4-7,15-16,18-19H,8-12H2,1H3. The minimum atomic E-state index is -0.0995. The average Bonchev–Trinajstić information content (AvgIpc) is 2.36. The van der Waals surface area contributed by atoms with Gasteiger partial charge < -0.3 is 15.1 Å². The predicted molar refractivity (Wildman–Crippen MR) is 75.5 cm³/mol. The molecule has 2 N–H and O–H groups in total. The SMILES string of the molecule is CN(Cc1ccc(C#CCO)cc1)CC1CC(O)C1. The highest BCUT2D eigenvalue weighted by atomic mass is 16.3. The summed E-state index contributed by atoms with van der Waals surface area (Å²) in [6, 6.07) is 8.12. The highest BCUT2D eigenvalue weighted by Gasteiger charge is 2.27. The molecule has 0 bridgehead atoms. The number of hydrogen-bond acceptors (Lipinski definition) is 3. The van der Waals surface area contributed by atoms with Crippen molar-refractivity contribution in [1.29, 1.82) is 0 Å². The second-order valence-corrected chi connectivity index (χ2v) is 5.34. The van der Waals surface area contributed by atoms with Gasteiger partial charge >= 0.3 is 0 Å². The summed E-state index contributed by atoms with van der Waals surface area (Å²) in [5, 5.41) is 17.9. The highest BCUT2D eigenvalue weighted by Crippen LogP contribution is 2.27. The summed E-state index contributed by atoms with van der Waals surface area (Å²) in [5.41, 5.74) is 2.19. The van der Waals surface area contributed by atoms with E-state index < -0.39 is 0 Å². The number of aliphatic hydroxyl groups is 2. The van der Waals surface area contributed by atoms with Crippen LogP contribution in [0.15, 0.2) is 24.3 Å². The molecule has 0 spiro atoms. The molecule has 1 aliphatic carbocycles. The number of rotatable bonds is 4. The maximum absolute atomic E-state index is 9.27. The Labute approximate surface area is 114 Å². The van der Waals surface area contributed by atoms with Gasteiger partial charge in [0.1, 0.15) is 6.61 Å². The van der Waals surface area contributed by atoms with Crippen LogP contribution in [0.2, 0.25) is 0 Å². The predicted octanol–water partition coefficient (Wildman–Crippen LogP) is 1.23. The van der Waals surface area contributed by atoms with Crippen molar-refractivity contribution in [3.63, 3.8) is 0 Å². The Morgan fingerprint density at radius 2 is 1.95 bits per heavy atom. The van der Waals surface area contributed by atoms with Crippen LogP contribution in [0, 0.1) is 17.8 Å². The van der Waals surface area contributed by atoms with Gasteiger partial charge in [-0.2, -0.15) is 0 Å². The van der Waals surface area contributed by atoms with E-state index in [1.165, 1.54) is 5.56 Å². The van der Waals surface area contributed by atoms with Crippen LogP contribution in [0.1, 0.15) is 24.0 Å². The smallest absolute Gasteiger partial charge is 0.104 e. The molecule has 102 valence electrons. The van der Waals surface area contributed by atoms with Crippen LogP contribution in [-0.4, -0.2) is 41.4 Å². The summed E-state index contributed by atoms with van der Waals surface area (Å²) in [7, 11) is 2.12. The van der Waals surface area contributed by atoms with Crippen LogP contribution in [0.25, 0.3) is 0 Å². The summed E-state index contributed by atoms with van der Waals surface area (Å²) in [5.74, 6) is 6.18. The topological polar surface area (TPSA) is 43.7 Å². The summed E-state index contributed by atoms with van der Waals surface area (Å²) >= 11 is 0. The highest BCUT2D eigenvalue weighted by molar-refractivity contribution is 5.36. The molecule has 3 heteroatoms. The molecule has 0 heterocycles. The van der Waals surface area contributed by atoms with Crippen molar-refractivity contribution in [2.24, 2.45) is 5.92 Å². The van der Waals surface area contributed by atoms with Gasteiger partial charge in [0.05, 0.1) is 6.10 Å². The van der Waals surface area contributed by atoms with E-state index in [0.29, 0.717) is 5.92 Å². The maximum Gasteiger partial charge on any atom is 0.104 e. The van der Waals surface area contributed by atoms with Gasteiger partial charge in [0.15, 0.2) is 0 Å². The molecule has 1 saturated carbocycles. The van der Waals surface area contributed by atoms with Gasteiger partial charge in [-0.3, -0.25) is 0 Å². The molecule has 0 saturated heterocycles. The molecule has 0 radical (unpaired) electrons.